The summed E-state index contributed by atoms with van der Waals surface area (Å²) < 4.78 is 7.76. The Morgan fingerprint density at radius 1 is 1.06 bits per heavy atom. The molecule has 0 saturated carbocycles. The lowest BCUT2D eigenvalue weighted by Crippen LogP contribution is -2.37. The van der Waals surface area contributed by atoms with Gasteiger partial charge >= 0.3 is 6.09 Å². The van der Waals surface area contributed by atoms with Crippen molar-refractivity contribution < 1.29 is 9.53 Å². The molecule has 1 aromatic carbocycles. The molecule has 0 aliphatic carbocycles. The SMILES string of the molecule is CC(C)(C)OC(=O)N1CC2CN(Cc3c(-c4ccc(Cl)cc4)nc4ccccn34)CC2C1. The van der Waals surface area contributed by atoms with E-state index in [0.717, 1.165) is 54.7 Å². The van der Waals surface area contributed by atoms with Gasteiger partial charge in [-0.15, -0.1) is 0 Å². The summed E-state index contributed by atoms with van der Waals surface area (Å²) in [7, 11) is 0. The lowest BCUT2D eigenvalue weighted by atomic mass is 10.0. The Hall–Kier alpha value is -2.57. The van der Waals surface area contributed by atoms with Crippen LogP contribution in [0.4, 0.5) is 4.79 Å². The second-order valence-corrected chi connectivity index (χ2v) is 10.4. The first-order valence-corrected chi connectivity index (χ1v) is 11.6. The predicted molar refractivity (Wildman–Crippen MR) is 126 cm³/mol. The van der Waals surface area contributed by atoms with Crippen LogP contribution < -0.4 is 0 Å². The van der Waals surface area contributed by atoms with Crippen LogP contribution in [0.2, 0.25) is 5.02 Å². The number of pyridine rings is 1. The number of amides is 1. The van der Waals surface area contributed by atoms with Crippen LogP contribution in [0.5, 0.6) is 0 Å². The molecule has 3 aromatic rings. The molecule has 1 amide bonds. The average Bonchev–Trinajstić information content (AvgIpc) is 3.39. The monoisotopic (exact) mass is 452 g/mol. The van der Waals surface area contributed by atoms with Crippen molar-refractivity contribution in [3.63, 3.8) is 0 Å². The lowest BCUT2D eigenvalue weighted by Gasteiger charge is -2.26. The number of likely N-dealkylation sites (tertiary alicyclic amines) is 2. The Bertz CT molecular complexity index is 1120. The van der Waals surface area contributed by atoms with Crippen molar-refractivity contribution in [1.82, 2.24) is 19.2 Å². The molecule has 2 aliphatic heterocycles. The van der Waals surface area contributed by atoms with Gasteiger partial charge in [0.15, 0.2) is 0 Å². The van der Waals surface area contributed by atoms with Crippen LogP contribution >= 0.6 is 11.6 Å². The third kappa shape index (κ3) is 4.21. The highest BCUT2D eigenvalue weighted by Crippen LogP contribution is 2.34. The summed E-state index contributed by atoms with van der Waals surface area (Å²) >= 11 is 6.11. The van der Waals surface area contributed by atoms with Gasteiger partial charge in [0.2, 0.25) is 0 Å². The standard InChI is InChI=1S/C25H29ClN4O2/c1-25(2,3)32-24(31)29-14-18-12-28(13-19(18)15-29)16-21-23(17-7-9-20(26)10-8-17)27-22-6-4-5-11-30(21)22/h4-11,18-19H,12-16H2,1-3H3. The number of aromatic nitrogens is 2. The van der Waals surface area contributed by atoms with E-state index in [-0.39, 0.29) is 6.09 Å². The van der Waals surface area contributed by atoms with E-state index in [1.807, 2.05) is 68.1 Å². The summed E-state index contributed by atoms with van der Waals surface area (Å²) in [5, 5.41) is 0.723. The van der Waals surface area contributed by atoms with E-state index in [0.29, 0.717) is 11.8 Å². The summed E-state index contributed by atoms with van der Waals surface area (Å²) in [6, 6.07) is 14.0. The molecule has 2 saturated heterocycles. The largest absolute Gasteiger partial charge is 0.444 e. The third-order valence-electron chi connectivity index (χ3n) is 6.33. The van der Waals surface area contributed by atoms with E-state index >= 15 is 0 Å². The summed E-state index contributed by atoms with van der Waals surface area (Å²) in [4.78, 5) is 21.8. The van der Waals surface area contributed by atoms with Crippen LogP contribution in [0.1, 0.15) is 26.5 Å². The Labute approximate surface area is 193 Å². The molecule has 2 atom stereocenters. The maximum Gasteiger partial charge on any atom is 0.410 e. The minimum absolute atomic E-state index is 0.190. The van der Waals surface area contributed by atoms with Gasteiger partial charge in [0.25, 0.3) is 0 Å². The number of imidazole rings is 1. The number of rotatable bonds is 3. The van der Waals surface area contributed by atoms with Crippen molar-refractivity contribution in [2.24, 2.45) is 11.8 Å². The smallest absolute Gasteiger partial charge is 0.410 e. The number of hydrogen-bond donors (Lipinski definition) is 0. The molecular weight excluding hydrogens is 424 g/mol. The number of carbonyl (C=O) groups is 1. The molecule has 6 nitrogen and oxygen atoms in total. The summed E-state index contributed by atoms with van der Waals surface area (Å²) in [5.74, 6) is 0.973. The molecule has 2 aliphatic rings. The van der Waals surface area contributed by atoms with Gasteiger partial charge in [-0.25, -0.2) is 9.78 Å². The Morgan fingerprint density at radius 2 is 1.75 bits per heavy atom. The van der Waals surface area contributed by atoms with Crippen molar-refractivity contribution in [2.45, 2.75) is 32.9 Å². The highest BCUT2D eigenvalue weighted by molar-refractivity contribution is 6.30. The number of ether oxygens (including phenoxy) is 1. The highest BCUT2D eigenvalue weighted by Gasteiger charge is 2.42. The van der Waals surface area contributed by atoms with Crippen LogP contribution in [-0.2, 0) is 11.3 Å². The molecule has 168 valence electrons. The van der Waals surface area contributed by atoms with Crippen molar-refractivity contribution >= 4 is 23.3 Å². The maximum atomic E-state index is 12.5. The molecule has 7 heteroatoms. The zero-order valence-corrected chi connectivity index (χ0v) is 19.5. The molecule has 0 radical (unpaired) electrons. The number of nitrogens with zero attached hydrogens (tertiary/aromatic N) is 4. The molecule has 0 bridgehead atoms. The second kappa shape index (κ2) is 8.09. The van der Waals surface area contributed by atoms with Gasteiger partial charge in [-0.1, -0.05) is 29.8 Å². The van der Waals surface area contributed by atoms with Gasteiger partial charge in [0, 0.05) is 49.5 Å². The predicted octanol–water partition coefficient (Wildman–Crippen LogP) is 4.95. The van der Waals surface area contributed by atoms with Gasteiger partial charge in [-0.2, -0.15) is 0 Å². The zero-order valence-electron chi connectivity index (χ0n) is 18.8. The topological polar surface area (TPSA) is 50.1 Å². The normalized spacial score (nSPS) is 21.3. The summed E-state index contributed by atoms with van der Waals surface area (Å²) in [6.07, 6.45) is 1.89. The fraction of sp³-hybridized carbons (Fsp3) is 0.440. The number of halogens is 1. The van der Waals surface area contributed by atoms with Gasteiger partial charge in [0.05, 0.1) is 11.4 Å². The Balaban J connectivity index is 1.33. The minimum Gasteiger partial charge on any atom is -0.444 e. The van der Waals surface area contributed by atoms with Crippen molar-refractivity contribution in [1.29, 1.82) is 0 Å². The first kappa shape index (κ1) is 21.3. The number of carbonyl (C=O) groups excluding carboxylic acids is 1. The van der Waals surface area contributed by atoms with E-state index in [1.165, 1.54) is 5.69 Å². The fourth-order valence-corrected chi connectivity index (χ4v) is 5.07. The second-order valence-electron chi connectivity index (χ2n) is 9.94. The fourth-order valence-electron chi connectivity index (χ4n) is 4.94. The first-order chi connectivity index (χ1) is 15.3. The summed E-state index contributed by atoms with van der Waals surface area (Å²) in [5.41, 5.74) is 3.75. The number of fused-ring (bicyclic) bond motifs is 2. The molecule has 0 spiro atoms. The molecule has 2 unspecified atom stereocenters. The molecule has 2 aromatic heterocycles. The van der Waals surface area contributed by atoms with Crippen LogP contribution in [0.3, 0.4) is 0 Å². The van der Waals surface area contributed by atoms with Crippen molar-refractivity contribution in [3.8, 4) is 11.3 Å². The van der Waals surface area contributed by atoms with E-state index in [2.05, 4.69) is 15.5 Å². The molecule has 5 rings (SSSR count). The van der Waals surface area contributed by atoms with Crippen LogP contribution in [-0.4, -0.2) is 57.1 Å². The quantitative estimate of drug-likeness (QED) is 0.564. The van der Waals surface area contributed by atoms with Gasteiger partial charge in [-0.05, 0) is 56.9 Å². The summed E-state index contributed by atoms with van der Waals surface area (Å²) in [6.45, 7) is 10.1. The lowest BCUT2D eigenvalue weighted by molar-refractivity contribution is 0.0274. The van der Waals surface area contributed by atoms with Gasteiger partial charge in [-0.3, -0.25) is 4.90 Å². The van der Waals surface area contributed by atoms with Crippen LogP contribution in [0.25, 0.3) is 16.9 Å². The van der Waals surface area contributed by atoms with E-state index in [9.17, 15) is 4.79 Å². The van der Waals surface area contributed by atoms with Gasteiger partial charge in [0.1, 0.15) is 11.2 Å². The van der Waals surface area contributed by atoms with Gasteiger partial charge < -0.3 is 14.0 Å². The average molecular weight is 453 g/mol. The number of benzene rings is 1. The van der Waals surface area contributed by atoms with E-state index in [1.54, 1.807) is 0 Å². The zero-order chi connectivity index (χ0) is 22.5. The van der Waals surface area contributed by atoms with Crippen molar-refractivity contribution in [2.75, 3.05) is 26.2 Å². The highest BCUT2D eigenvalue weighted by atomic mass is 35.5. The van der Waals surface area contributed by atoms with Crippen LogP contribution in [0, 0.1) is 11.8 Å². The van der Waals surface area contributed by atoms with Crippen LogP contribution in [0.15, 0.2) is 48.7 Å². The van der Waals surface area contributed by atoms with E-state index < -0.39 is 5.60 Å². The molecular formula is C25H29ClN4O2. The Morgan fingerprint density at radius 3 is 2.41 bits per heavy atom. The molecule has 4 heterocycles. The Kier molecular flexibility index (Phi) is 5.38. The van der Waals surface area contributed by atoms with Crippen molar-refractivity contribution in [3.05, 3.63) is 59.4 Å². The van der Waals surface area contributed by atoms with E-state index in [4.69, 9.17) is 21.3 Å². The molecule has 0 N–H and O–H groups in total. The number of hydrogen-bond acceptors (Lipinski definition) is 4. The minimum atomic E-state index is -0.456. The first-order valence-electron chi connectivity index (χ1n) is 11.2. The third-order valence-corrected chi connectivity index (χ3v) is 6.59. The maximum absolute atomic E-state index is 12.5. The molecule has 2 fully saturated rings. The molecule has 32 heavy (non-hydrogen) atoms.